The Morgan fingerprint density at radius 3 is 3.16 bits per heavy atom. The van der Waals surface area contributed by atoms with Gasteiger partial charge in [0, 0.05) is 23.4 Å². The third-order valence-electron chi connectivity index (χ3n) is 3.48. The first-order chi connectivity index (χ1) is 9.20. The molecule has 102 valence electrons. The van der Waals surface area contributed by atoms with E-state index in [0.29, 0.717) is 18.9 Å². The molecule has 0 saturated carbocycles. The van der Waals surface area contributed by atoms with Gasteiger partial charge in [-0.3, -0.25) is 4.79 Å². The molecular weight excluding hydrogens is 258 g/mol. The maximum absolute atomic E-state index is 12.1. The first-order valence-corrected chi connectivity index (χ1v) is 7.52. The van der Waals surface area contributed by atoms with Crippen LogP contribution in [0.3, 0.4) is 0 Å². The fourth-order valence-corrected chi connectivity index (χ4v) is 3.07. The molecule has 0 aliphatic carbocycles. The summed E-state index contributed by atoms with van der Waals surface area (Å²) in [7, 11) is 0. The van der Waals surface area contributed by atoms with E-state index in [9.17, 15) is 4.79 Å². The Balaban J connectivity index is 2.07. The van der Waals surface area contributed by atoms with E-state index in [0.717, 1.165) is 29.8 Å². The van der Waals surface area contributed by atoms with Crippen molar-refractivity contribution in [1.82, 2.24) is 4.90 Å². The van der Waals surface area contributed by atoms with E-state index >= 15 is 0 Å². The molecule has 1 N–H and O–H groups in total. The average molecular weight is 277 g/mol. The highest BCUT2D eigenvalue weighted by atomic mass is 32.1. The largest absolute Gasteiger partial charge is 0.384 e. The Morgan fingerprint density at radius 2 is 2.37 bits per heavy atom. The van der Waals surface area contributed by atoms with Gasteiger partial charge in [0.05, 0.1) is 6.54 Å². The van der Waals surface area contributed by atoms with Crippen LogP contribution in [0.5, 0.6) is 0 Å². The first-order valence-electron chi connectivity index (χ1n) is 6.64. The van der Waals surface area contributed by atoms with E-state index in [2.05, 4.69) is 18.8 Å². The Labute approximate surface area is 118 Å². The number of hydrogen-bond donors (Lipinski definition) is 1. The number of carbonyl (C=O) groups is 1. The second-order valence-corrected chi connectivity index (χ2v) is 5.97. The van der Waals surface area contributed by atoms with Crippen LogP contribution < -0.4 is 0 Å². The molecule has 1 amide bonds. The van der Waals surface area contributed by atoms with Crippen LogP contribution in [0.15, 0.2) is 11.4 Å². The summed E-state index contributed by atoms with van der Waals surface area (Å²) in [5, 5.41) is 10.7. The zero-order chi connectivity index (χ0) is 13.7. The molecule has 2 heterocycles. The van der Waals surface area contributed by atoms with Gasteiger partial charge in [-0.2, -0.15) is 0 Å². The number of nitrogens with zero attached hydrogens (tertiary/aromatic N) is 1. The van der Waals surface area contributed by atoms with Gasteiger partial charge in [-0.1, -0.05) is 18.8 Å². The van der Waals surface area contributed by atoms with Crippen LogP contribution in [0.2, 0.25) is 0 Å². The lowest BCUT2D eigenvalue weighted by atomic mass is 10.0. The number of rotatable bonds is 2. The van der Waals surface area contributed by atoms with Crippen molar-refractivity contribution < 1.29 is 9.90 Å². The second kappa shape index (κ2) is 6.74. The molecule has 1 aromatic heterocycles. The van der Waals surface area contributed by atoms with Crippen molar-refractivity contribution in [2.75, 3.05) is 13.2 Å². The van der Waals surface area contributed by atoms with Gasteiger partial charge in [0.15, 0.2) is 0 Å². The van der Waals surface area contributed by atoms with Crippen molar-refractivity contribution in [2.45, 2.75) is 32.7 Å². The summed E-state index contributed by atoms with van der Waals surface area (Å²) in [5.74, 6) is 6.49. The summed E-state index contributed by atoms with van der Waals surface area (Å²) >= 11 is 1.63. The van der Waals surface area contributed by atoms with Crippen molar-refractivity contribution in [3.63, 3.8) is 0 Å². The van der Waals surface area contributed by atoms with Gasteiger partial charge >= 0.3 is 0 Å². The zero-order valence-corrected chi connectivity index (χ0v) is 12.0. The quantitative estimate of drug-likeness (QED) is 0.842. The number of carbonyl (C=O) groups excluding carboxylic acids is 1. The number of likely N-dealkylation sites (tertiary alicyclic amines) is 1. The maximum Gasteiger partial charge on any atom is 0.222 e. The van der Waals surface area contributed by atoms with E-state index in [1.54, 1.807) is 11.3 Å². The average Bonchev–Trinajstić information content (AvgIpc) is 2.78. The van der Waals surface area contributed by atoms with Crippen molar-refractivity contribution in [2.24, 2.45) is 5.92 Å². The van der Waals surface area contributed by atoms with Gasteiger partial charge in [-0.15, -0.1) is 11.3 Å². The van der Waals surface area contributed by atoms with Gasteiger partial charge in [-0.25, -0.2) is 0 Å². The minimum absolute atomic E-state index is 0.130. The summed E-state index contributed by atoms with van der Waals surface area (Å²) in [6.45, 7) is 3.57. The summed E-state index contributed by atoms with van der Waals surface area (Å²) in [5.41, 5.74) is 0.934. The van der Waals surface area contributed by atoms with Crippen LogP contribution in [0.1, 0.15) is 36.6 Å². The predicted molar refractivity (Wildman–Crippen MR) is 76.7 cm³/mol. The molecule has 0 aromatic carbocycles. The molecule has 1 unspecified atom stereocenters. The third kappa shape index (κ3) is 3.82. The number of thiophene rings is 1. The molecule has 0 bridgehead atoms. The van der Waals surface area contributed by atoms with Crippen LogP contribution in [0, 0.1) is 17.8 Å². The fourth-order valence-electron chi connectivity index (χ4n) is 2.22. The van der Waals surface area contributed by atoms with Crippen molar-refractivity contribution in [1.29, 1.82) is 0 Å². The van der Waals surface area contributed by atoms with Crippen molar-refractivity contribution in [3.8, 4) is 11.8 Å². The van der Waals surface area contributed by atoms with E-state index in [4.69, 9.17) is 5.11 Å². The van der Waals surface area contributed by atoms with Crippen LogP contribution in [-0.4, -0.2) is 29.1 Å². The molecule has 1 fully saturated rings. The molecule has 0 radical (unpaired) electrons. The monoisotopic (exact) mass is 277 g/mol. The van der Waals surface area contributed by atoms with Gasteiger partial charge in [-0.05, 0) is 30.2 Å². The molecule has 1 saturated heterocycles. The Morgan fingerprint density at radius 1 is 1.53 bits per heavy atom. The standard InChI is InChI=1S/C15H19NO2S/c1-12-4-5-15(18)16(8-6-12)11-14-13(3-2-9-17)7-10-19-14/h7,10,12,17H,4-6,8-9,11H2,1H3. The van der Waals surface area contributed by atoms with E-state index in [1.165, 1.54) is 0 Å². The highest BCUT2D eigenvalue weighted by Gasteiger charge is 2.21. The topological polar surface area (TPSA) is 40.5 Å². The lowest BCUT2D eigenvalue weighted by molar-refractivity contribution is -0.131. The van der Waals surface area contributed by atoms with Gasteiger partial charge in [0.25, 0.3) is 0 Å². The van der Waals surface area contributed by atoms with E-state index in [-0.39, 0.29) is 12.5 Å². The lowest BCUT2D eigenvalue weighted by Crippen LogP contribution is -2.29. The summed E-state index contributed by atoms with van der Waals surface area (Å²) in [4.78, 5) is 15.1. The number of aliphatic hydroxyl groups excluding tert-OH is 1. The second-order valence-electron chi connectivity index (χ2n) is 4.97. The van der Waals surface area contributed by atoms with Crippen LogP contribution in [0.4, 0.5) is 0 Å². The zero-order valence-electron chi connectivity index (χ0n) is 11.2. The Bertz CT molecular complexity index is 498. The molecule has 4 heteroatoms. The third-order valence-corrected chi connectivity index (χ3v) is 4.38. The van der Waals surface area contributed by atoms with E-state index < -0.39 is 0 Å². The predicted octanol–water partition coefficient (Wildman–Crippen LogP) is 2.24. The van der Waals surface area contributed by atoms with Crippen LogP contribution >= 0.6 is 11.3 Å². The van der Waals surface area contributed by atoms with E-state index in [1.807, 2.05) is 16.3 Å². The number of aliphatic hydroxyl groups is 1. The molecule has 1 aromatic rings. The fraction of sp³-hybridized carbons (Fsp3) is 0.533. The minimum Gasteiger partial charge on any atom is -0.384 e. The Kier molecular flexibility index (Phi) is 5.00. The SMILES string of the molecule is CC1CCC(=O)N(Cc2sccc2C#CCO)CC1. The molecule has 2 rings (SSSR count). The number of amides is 1. The van der Waals surface area contributed by atoms with Crippen molar-refractivity contribution in [3.05, 3.63) is 21.9 Å². The Hall–Kier alpha value is -1.31. The highest BCUT2D eigenvalue weighted by Crippen LogP contribution is 2.23. The van der Waals surface area contributed by atoms with Crippen LogP contribution in [0.25, 0.3) is 0 Å². The molecule has 1 atom stereocenters. The van der Waals surface area contributed by atoms with Crippen molar-refractivity contribution >= 4 is 17.2 Å². The van der Waals surface area contributed by atoms with Gasteiger partial charge in [0.1, 0.15) is 6.61 Å². The number of hydrogen-bond acceptors (Lipinski definition) is 3. The van der Waals surface area contributed by atoms with Crippen LogP contribution in [-0.2, 0) is 11.3 Å². The normalized spacial score (nSPS) is 19.8. The molecule has 0 spiro atoms. The maximum atomic E-state index is 12.1. The van der Waals surface area contributed by atoms with Gasteiger partial charge < -0.3 is 10.0 Å². The summed E-state index contributed by atoms with van der Waals surface area (Å²) in [6, 6.07) is 1.95. The van der Waals surface area contributed by atoms with Gasteiger partial charge in [0.2, 0.25) is 5.91 Å². The highest BCUT2D eigenvalue weighted by molar-refractivity contribution is 7.10. The first kappa shape index (κ1) is 14.1. The molecule has 19 heavy (non-hydrogen) atoms. The molecular formula is C15H19NO2S. The molecule has 1 aliphatic heterocycles. The molecule has 1 aliphatic rings. The minimum atomic E-state index is -0.130. The molecule has 3 nitrogen and oxygen atoms in total. The smallest absolute Gasteiger partial charge is 0.222 e. The summed E-state index contributed by atoms with van der Waals surface area (Å²) < 4.78 is 0. The summed E-state index contributed by atoms with van der Waals surface area (Å²) in [6.07, 6.45) is 2.73. The lowest BCUT2D eigenvalue weighted by Gasteiger charge is -2.20.